The summed E-state index contributed by atoms with van der Waals surface area (Å²) >= 11 is 0. The van der Waals surface area contributed by atoms with E-state index in [1.165, 1.54) is 9.47 Å². The molecule has 138 valence electrons. The van der Waals surface area contributed by atoms with Crippen molar-refractivity contribution in [3.63, 3.8) is 0 Å². The Balaban J connectivity index is 2.39. The number of carbonyl (C=O) groups is 1. The molecule has 0 radical (unpaired) electrons. The summed E-state index contributed by atoms with van der Waals surface area (Å²) in [6, 6.07) is 0. The summed E-state index contributed by atoms with van der Waals surface area (Å²) in [7, 11) is 0. The minimum Gasteiger partial charge on any atom is -0.383 e. The second kappa shape index (κ2) is 8.69. The molecule has 1 aliphatic rings. The molecule has 1 aliphatic carbocycles. The van der Waals surface area contributed by atoms with Crippen LogP contribution < -0.4 is 21.9 Å². The van der Waals surface area contributed by atoms with E-state index >= 15 is 0 Å². The van der Waals surface area contributed by atoms with Crippen LogP contribution >= 0.6 is 0 Å². The first-order valence-electron chi connectivity index (χ1n) is 9.09. The summed E-state index contributed by atoms with van der Waals surface area (Å²) in [6.45, 7) is 4.77. The number of hydrogen-bond acceptors (Lipinski definition) is 4. The van der Waals surface area contributed by atoms with E-state index in [0.717, 1.165) is 25.7 Å². The van der Waals surface area contributed by atoms with Gasteiger partial charge < -0.3 is 10.6 Å². The van der Waals surface area contributed by atoms with E-state index in [-0.39, 0.29) is 23.3 Å². The Hall–Kier alpha value is -2.31. The highest BCUT2D eigenvalue weighted by Gasteiger charge is 2.25. The number of carbonyl (C=O) groups excluding carboxylic acids is 1. The third-order valence-electron chi connectivity index (χ3n) is 4.52. The first-order valence-corrected chi connectivity index (χ1v) is 9.09. The fourth-order valence-corrected chi connectivity index (χ4v) is 3.16. The highest BCUT2D eigenvalue weighted by molar-refractivity contribution is 5.95. The van der Waals surface area contributed by atoms with E-state index in [9.17, 15) is 14.4 Å². The fourth-order valence-electron chi connectivity index (χ4n) is 3.16. The number of nitrogen functional groups attached to an aromatic ring is 1. The van der Waals surface area contributed by atoms with Crippen molar-refractivity contribution in [1.82, 2.24) is 9.55 Å². The molecule has 0 saturated carbocycles. The molecule has 0 spiro atoms. The van der Waals surface area contributed by atoms with Gasteiger partial charge in [-0.1, -0.05) is 32.4 Å². The first kappa shape index (κ1) is 19.0. The smallest absolute Gasteiger partial charge is 0.330 e. The number of aromatic nitrogens is 2. The van der Waals surface area contributed by atoms with Gasteiger partial charge in [-0.25, -0.2) is 4.79 Å². The van der Waals surface area contributed by atoms with Crippen molar-refractivity contribution in [3.8, 4) is 0 Å². The van der Waals surface area contributed by atoms with E-state index in [1.54, 1.807) is 0 Å². The van der Waals surface area contributed by atoms with Crippen LogP contribution in [-0.2, 0) is 11.3 Å². The molecule has 25 heavy (non-hydrogen) atoms. The molecular weight excluding hydrogens is 320 g/mol. The number of unbranched alkanes of at least 4 members (excludes halogenated alkanes) is 1. The first-order chi connectivity index (χ1) is 12.0. The molecule has 1 aromatic heterocycles. The minimum atomic E-state index is -0.598. The van der Waals surface area contributed by atoms with Gasteiger partial charge in [-0.05, 0) is 31.6 Å². The van der Waals surface area contributed by atoms with E-state index in [0.29, 0.717) is 25.9 Å². The lowest BCUT2D eigenvalue weighted by atomic mass is 10.0. The maximum absolute atomic E-state index is 12.8. The Morgan fingerprint density at radius 3 is 2.72 bits per heavy atom. The maximum Gasteiger partial charge on any atom is 0.330 e. The van der Waals surface area contributed by atoms with Gasteiger partial charge in [0, 0.05) is 19.5 Å². The molecule has 0 bridgehead atoms. The van der Waals surface area contributed by atoms with Crippen molar-refractivity contribution in [2.45, 2.75) is 58.9 Å². The van der Waals surface area contributed by atoms with Crippen LogP contribution in [0.25, 0.3) is 0 Å². The molecule has 7 nitrogen and oxygen atoms in total. The summed E-state index contributed by atoms with van der Waals surface area (Å²) in [5.41, 5.74) is 5.12. The quantitative estimate of drug-likeness (QED) is 0.702. The zero-order valence-electron chi connectivity index (χ0n) is 15.1. The highest BCUT2D eigenvalue weighted by Crippen LogP contribution is 2.24. The van der Waals surface area contributed by atoms with Crippen molar-refractivity contribution in [1.29, 1.82) is 0 Å². The Bertz CT molecular complexity index is 748. The van der Waals surface area contributed by atoms with Crippen LogP contribution in [0.1, 0.15) is 52.4 Å². The number of nitrogens with one attached hydrogen (secondary N) is 1. The number of aromatic amines is 1. The highest BCUT2D eigenvalue weighted by atomic mass is 16.2. The summed E-state index contributed by atoms with van der Waals surface area (Å²) in [6.07, 6.45) is 8.77. The molecule has 0 fully saturated rings. The molecule has 0 saturated heterocycles. The Labute approximate surface area is 147 Å². The second-order valence-corrected chi connectivity index (χ2v) is 6.51. The molecule has 3 N–H and O–H groups in total. The number of rotatable bonds is 8. The van der Waals surface area contributed by atoms with Crippen LogP contribution in [0.2, 0.25) is 0 Å². The average Bonchev–Trinajstić information content (AvgIpc) is 3.06. The molecule has 1 amide bonds. The predicted octanol–water partition coefficient (Wildman–Crippen LogP) is 2.02. The molecule has 2 rings (SSSR count). The van der Waals surface area contributed by atoms with Gasteiger partial charge in [0.2, 0.25) is 5.91 Å². The van der Waals surface area contributed by atoms with Crippen LogP contribution in [0.5, 0.6) is 0 Å². The van der Waals surface area contributed by atoms with Crippen molar-refractivity contribution in [3.05, 3.63) is 33.0 Å². The standard InChI is InChI=1S/C18H28N4O3/c1-3-5-11-22-16(19)15(17(24)20-18(22)25)21(10-4-2)14(23)12-13-8-6-7-9-13/h6,8,13H,3-5,7,9-12,19H2,1-2H3,(H,20,24,25)/t13-/m1/s1. The minimum absolute atomic E-state index is 0.0750. The molecule has 1 aromatic rings. The largest absolute Gasteiger partial charge is 0.383 e. The van der Waals surface area contributed by atoms with Gasteiger partial charge in [0.15, 0.2) is 5.69 Å². The SMILES string of the molecule is CCCCn1c(N)c(N(CCC)C(=O)C[C@@H]2C=CCC2)c(=O)[nH]c1=O. The second-order valence-electron chi connectivity index (χ2n) is 6.51. The van der Waals surface area contributed by atoms with Crippen LogP contribution in [0.15, 0.2) is 21.7 Å². The van der Waals surface area contributed by atoms with Gasteiger partial charge in [0.1, 0.15) is 5.82 Å². The van der Waals surface area contributed by atoms with Crippen molar-refractivity contribution >= 4 is 17.4 Å². The third-order valence-corrected chi connectivity index (χ3v) is 4.52. The predicted molar refractivity (Wildman–Crippen MR) is 99.8 cm³/mol. The number of anilines is 2. The number of nitrogens with two attached hydrogens (primary N) is 1. The van der Waals surface area contributed by atoms with E-state index in [2.05, 4.69) is 17.1 Å². The van der Waals surface area contributed by atoms with Crippen LogP contribution in [-0.4, -0.2) is 22.0 Å². The maximum atomic E-state index is 12.8. The van der Waals surface area contributed by atoms with Crippen LogP contribution in [0, 0.1) is 5.92 Å². The molecule has 0 aliphatic heterocycles. The molecule has 0 unspecified atom stereocenters. The van der Waals surface area contributed by atoms with E-state index < -0.39 is 11.2 Å². The topological polar surface area (TPSA) is 101 Å². The van der Waals surface area contributed by atoms with Crippen molar-refractivity contribution in [2.75, 3.05) is 17.2 Å². The van der Waals surface area contributed by atoms with Gasteiger partial charge in [-0.15, -0.1) is 0 Å². The lowest BCUT2D eigenvalue weighted by molar-refractivity contribution is -0.119. The van der Waals surface area contributed by atoms with Crippen molar-refractivity contribution in [2.24, 2.45) is 5.92 Å². The molecular formula is C18H28N4O3. The summed E-state index contributed by atoms with van der Waals surface area (Å²) in [5, 5.41) is 0. The summed E-state index contributed by atoms with van der Waals surface area (Å²) in [4.78, 5) is 41.0. The van der Waals surface area contributed by atoms with Gasteiger partial charge >= 0.3 is 5.69 Å². The Morgan fingerprint density at radius 2 is 2.12 bits per heavy atom. The normalized spacial score (nSPS) is 16.3. The van der Waals surface area contributed by atoms with Crippen LogP contribution in [0.4, 0.5) is 11.5 Å². The monoisotopic (exact) mass is 348 g/mol. The zero-order chi connectivity index (χ0) is 18.4. The molecule has 1 atom stereocenters. The number of allylic oxidation sites excluding steroid dienone is 2. The van der Waals surface area contributed by atoms with E-state index in [4.69, 9.17) is 5.73 Å². The molecule has 7 heteroatoms. The lowest BCUT2D eigenvalue weighted by Crippen LogP contribution is -2.42. The molecule has 0 aromatic carbocycles. The lowest BCUT2D eigenvalue weighted by Gasteiger charge is -2.25. The molecule has 1 heterocycles. The zero-order valence-corrected chi connectivity index (χ0v) is 15.1. The Kier molecular flexibility index (Phi) is 6.61. The number of hydrogen-bond donors (Lipinski definition) is 2. The Morgan fingerprint density at radius 1 is 1.36 bits per heavy atom. The number of nitrogens with zero attached hydrogens (tertiary/aromatic N) is 2. The van der Waals surface area contributed by atoms with E-state index in [1.807, 2.05) is 13.8 Å². The summed E-state index contributed by atoms with van der Waals surface area (Å²) < 4.78 is 1.35. The number of amides is 1. The van der Waals surface area contributed by atoms with Gasteiger partial charge in [0.05, 0.1) is 0 Å². The van der Waals surface area contributed by atoms with Gasteiger partial charge in [-0.2, -0.15) is 0 Å². The number of H-pyrrole nitrogens is 1. The fraction of sp³-hybridized carbons (Fsp3) is 0.611. The third kappa shape index (κ3) is 4.41. The van der Waals surface area contributed by atoms with Gasteiger partial charge in [-0.3, -0.25) is 19.1 Å². The van der Waals surface area contributed by atoms with Crippen molar-refractivity contribution < 1.29 is 4.79 Å². The summed E-state index contributed by atoms with van der Waals surface area (Å²) in [5.74, 6) is 0.153. The van der Waals surface area contributed by atoms with Crippen LogP contribution in [0.3, 0.4) is 0 Å². The van der Waals surface area contributed by atoms with Gasteiger partial charge in [0.25, 0.3) is 5.56 Å². The average molecular weight is 348 g/mol.